The molecule has 0 spiro atoms. The molecule has 4 aromatic rings. The number of ketones is 1. The van der Waals surface area contributed by atoms with Crippen LogP contribution in [0.2, 0.25) is 0 Å². The molecule has 0 saturated carbocycles. The van der Waals surface area contributed by atoms with Crippen LogP contribution in [-0.4, -0.2) is 34.8 Å². The summed E-state index contributed by atoms with van der Waals surface area (Å²) in [6, 6.07) is 18.1. The van der Waals surface area contributed by atoms with E-state index in [1.54, 1.807) is 18.2 Å². The summed E-state index contributed by atoms with van der Waals surface area (Å²) < 4.78 is 12.8. The fourth-order valence-electron chi connectivity index (χ4n) is 3.22. The van der Waals surface area contributed by atoms with Crippen molar-refractivity contribution in [3.63, 3.8) is 0 Å². The molecule has 1 amide bonds. The quantitative estimate of drug-likeness (QED) is 0.457. The number of amides is 1. The molecule has 0 aliphatic carbocycles. The third-order valence-corrected chi connectivity index (χ3v) is 4.77. The van der Waals surface area contributed by atoms with Gasteiger partial charge in [-0.15, -0.1) is 0 Å². The van der Waals surface area contributed by atoms with Gasteiger partial charge < -0.3 is 19.2 Å². The topological polar surface area (TPSA) is 81.9 Å². The molecule has 0 atom stereocenters. The number of fused-ring (bicyclic) bond motifs is 1. The van der Waals surface area contributed by atoms with E-state index in [0.29, 0.717) is 22.7 Å². The summed E-state index contributed by atoms with van der Waals surface area (Å²) >= 11 is 0. The van der Waals surface area contributed by atoms with E-state index in [0.717, 1.165) is 16.9 Å². The molecule has 7 nitrogen and oxygen atoms in total. The maximum absolute atomic E-state index is 12.6. The van der Waals surface area contributed by atoms with Gasteiger partial charge in [0.2, 0.25) is 0 Å². The lowest BCUT2D eigenvalue weighted by atomic mass is 10.1. The van der Waals surface area contributed by atoms with Gasteiger partial charge in [0.1, 0.15) is 5.65 Å². The predicted octanol–water partition coefficient (Wildman–Crippen LogP) is 4.23. The third-order valence-electron chi connectivity index (χ3n) is 4.77. The summed E-state index contributed by atoms with van der Waals surface area (Å²) in [6.07, 6.45) is 3.84. The summed E-state index contributed by atoms with van der Waals surface area (Å²) in [5, 5.41) is 2.88. The normalized spacial score (nSPS) is 10.6. The van der Waals surface area contributed by atoms with Crippen LogP contribution >= 0.6 is 0 Å². The first-order chi connectivity index (χ1) is 15.0. The zero-order valence-corrected chi connectivity index (χ0v) is 17.2. The number of carbonyl (C=O) groups is 2. The van der Waals surface area contributed by atoms with Gasteiger partial charge in [-0.25, -0.2) is 4.98 Å². The van der Waals surface area contributed by atoms with Gasteiger partial charge >= 0.3 is 0 Å². The van der Waals surface area contributed by atoms with Crippen LogP contribution < -0.4 is 14.8 Å². The zero-order valence-electron chi connectivity index (χ0n) is 17.2. The largest absolute Gasteiger partial charge is 0.493 e. The molecule has 0 saturated heterocycles. The molecule has 2 heterocycles. The number of benzene rings is 2. The number of imidazole rings is 1. The number of carbonyl (C=O) groups excluding carboxylic acids is 2. The maximum atomic E-state index is 12.6. The number of ether oxygens (including phenoxy) is 2. The van der Waals surface area contributed by atoms with Crippen molar-refractivity contribution in [1.82, 2.24) is 9.38 Å². The summed E-state index contributed by atoms with van der Waals surface area (Å²) in [5.41, 5.74) is 3.53. The minimum Gasteiger partial charge on any atom is -0.493 e. The Balaban J connectivity index is 1.49. The number of hydrogen-bond acceptors (Lipinski definition) is 5. The van der Waals surface area contributed by atoms with Crippen molar-refractivity contribution < 1.29 is 19.1 Å². The average molecular weight is 415 g/mol. The lowest BCUT2D eigenvalue weighted by Gasteiger charge is -2.13. The molecular formula is C24H21N3O4. The van der Waals surface area contributed by atoms with E-state index in [9.17, 15) is 9.59 Å². The van der Waals surface area contributed by atoms with Gasteiger partial charge in [0.05, 0.1) is 18.5 Å². The van der Waals surface area contributed by atoms with Gasteiger partial charge in [0.25, 0.3) is 5.91 Å². The molecule has 2 aromatic carbocycles. The molecule has 0 fully saturated rings. The number of anilines is 1. The highest BCUT2D eigenvalue weighted by Crippen LogP contribution is 2.29. The first-order valence-electron chi connectivity index (χ1n) is 9.70. The fraction of sp³-hybridized carbons (Fsp3) is 0.125. The van der Waals surface area contributed by atoms with Crippen molar-refractivity contribution in [2.45, 2.75) is 6.92 Å². The van der Waals surface area contributed by atoms with Gasteiger partial charge in [-0.1, -0.05) is 24.3 Å². The first-order valence-corrected chi connectivity index (χ1v) is 9.70. The Kier molecular flexibility index (Phi) is 5.66. The van der Waals surface area contributed by atoms with Gasteiger partial charge in [0.15, 0.2) is 23.9 Å². The summed E-state index contributed by atoms with van der Waals surface area (Å²) in [5.74, 6) is 0.377. The monoisotopic (exact) mass is 415 g/mol. The van der Waals surface area contributed by atoms with E-state index < -0.39 is 0 Å². The Bertz CT molecular complexity index is 1230. The van der Waals surface area contributed by atoms with Crippen LogP contribution in [0.3, 0.4) is 0 Å². The van der Waals surface area contributed by atoms with Crippen molar-refractivity contribution >= 4 is 23.0 Å². The number of nitrogens with zero attached hydrogens (tertiary/aromatic N) is 2. The van der Waals surface area contributed by atoms with Crippen LogP contribution in [0.1, 0.15) is 17.3 Å². The van der Waals surface area contributed by atoms with E-state index in [-0.39, 0.29) is 18.3 Å². The van der Waals surface area contributed by atoms with E-state index in [4.69, 9.17) is 9.47 Å². The second kappa shape index (κ2) is 8.71. The minimum absolute atomic E-state index is 0.0776. The zero-order chi connectivity index (χ0) is 21.8. The Morgan fingerprint density at radius 2 is 1.84 bits per heavy atom. The molecular weight excluding hydrogens is 394 g/mol. The van der Waals surface area contributed by atoms with Crippen LogP contribution in [0.5, 0.6) is 11.5 Å². The summed E-state index contributed by atoms with van der Waals surface area (Å²) in [6.45, 7) is 1.26. The minimum atomic E-state index is -0.325. The van der Waals surface area contributed by atoms with E-state index >= 15 is 0 Å². The molecule has 7 heteroatoms. The SMILES string of the molecule is COc1cc(C(C)=O)ccc1OCC(=O)Nc1ccccc1-c1cn2ccccc2n1. The van der Waals surface area contributed by atoms with Crippen LogP contribution in [0.15, 0.2) is 73.1 Å². The van der Waals surface area contributed by atoms with Crippen molar-refractivity contribution in [3.05, 3.63) is 78.6 Å². The lowest BCUT2D eigenvalue weighted by molar-refractivity contribution is -0.118. The molecule has 0 aliphatic rings. The van der Waals surface area contributed by atoms with Gasteiger partial charge in [-0.2, -0.15) is 0 Å². The highest BCUT2D eigenvalue weighted by Gasteiger charge is 2.13. The molecule has 0 aliphatic heterocycles. The highest BCUT2D eigenvalue weighted by molar-refractivity contribution is 5.96. The number of nitrogens with one attached hydrogen (secondary N) is 1. The molecule has 0 bridgehead atoms. The number of rotatable bonds is 7. The third kappa shape index (κ3) is 4.40. The summed E-state index contributed by atoms with van der Waals surface area (Å²) in [7, 11) is 1.48. The number of pyridine rings is 1. The number of methoxy groups -OCH3 is 1. The second-order valence-corrected chi connectivity index (χ2v) is 6.90. The molecule has 4 rings (SSSR count). The van der Waals surface area contributed by atoms with Gasteiger partial charge in [-0.05, 0) is 43.3 Å². The lowest BCUT2D eigenvalue weighted by Crippen LogP contribution is -2.20. The fourth-order valence-corrected chi connectivity index (χ4v) is 3.22. The molecule has 0 radical (unpaired) electrons. The van der Waals surface area contributed by atoms with Crippen LogP contribution in [0.25, 0.3) is 16.9 Å². The van der Waals surface area contributed by atoms with E-state index in [1.165, 1.54) is 14.0 Å². The smallest absolute Gasteiger partial charge is 0.262 e. The van der Waals surface area contributed by atoms with Gasteiger partial charge in [-0.3, -0.25) is 9.59 Å². The average Bonchev–Trinajstić information content (AvgIpc) is 3.22. The Morgan fingerprint density at radius 1 is 1.03 bits per heavy atom. The predicted molar refractivity (Wildman–Crippen MR) is 118 cm³/mol. The number of Topliss-reactive ketones (excluding diaryl/α,β-unsaturated/α-hetero) is 1. The van der Waals surface area contributed by atoms with Crippen LogP contribution in [0.4, 0.5) is 5.69 Å². The van der Waals surface area contributed by atoms with E-state index in [2.05, 4.69) is 10.3 Å². The highest BCUT2D eigenvalue weighted by atomic mass is 16.5. The number of hydrogen-bond donors (Lipinski definition) is 1. The molecule has 156 valence electrons. The Hall–Kier alpha value is -4.13. The van der Waals surface area contributed by atoms with Gasteiger partial charge in [0, 0.05) is 23.5 Å². The summed E-state index contributed by atoms with van der Waals surface area (Å²) in [4.78, 5) is 28.7. The Morgan fingerprint density at radius 3 is 2.61 bits per heavy atom. The van der Waals surface area contributed by atoms with Crippen molar-refractivity contribution in [2.75, 3.05) is 19.0 Å². The van der Waals surface area contributed by atoms with Crippen molar-refractivity contribution in [3.8, 4) is 22.8 Å². The van der Waals surface area contributed by atoms with Crippen molar-refractivity contribution in [1.29, 1.82) is 0 Å². The molecule has 31 heavy (non-hydrogen) atoms. The second-order valence-electron chi connectivity index (χ2n) is 6.90. The van der Waals surface area contributed by atoms with Crippen LogP contribution in [-0.2, 0) is 4.79 Å². The number of aromatic nitrogens is 2. The molecule has 1 N–H and O–H groups in total. The Labute approximate surface area is 179 Å². The van der Waals surface area contributed by atoms with Crippen molar-refractivity contribution in [2.24, 2.45) is 0 Å². The van der Waals surface area contributed by atoms with Crippen LogP contribution in [0, 0.1) is 0 Å². The molecule has 2 aromatic heterocycles. The maximum Gasteiger partial charge on any atom is 0.262 e. The molecule has 0 unspecified atom stereocenters. The first kappa shape index (κ1) is 20.2. The standard InChI is InChI=1S/C24H21N3O4/c1-16(28)17-10-11-21(22(13-17)30-2)31-15-24(29)26-19-8-4-3-7-18(19)20-14-27-12-6-5-9-23(27)25-20/h3-14H,15H2,1-2H3,(H,26,29). The van der Waals surface area contributed by atoms with E-state index in [1.807, 2.05) is 59.3 Å². The number of para-hydroxylation sites is 1.